The first-order valence-corrected chi connectivity index (χ1v) is 10.1. The van der Waals surface area contributed by atoms with Crippen LogP contribution in [0, 0.1) is 6.92 Å². The van der Waals surface area contributed by atoms with Crippen molar-refractivity contribution in [3.8, 4) is 17.0 Å². The highest BCUT2D eigenvalue weighted by Gasteiger charge is 2.35. The molecule has 1 saturated heterocycles. The molecule has 0 spiro atoms. The van der Waals surface area contributed by atoms with E-state index >= 15 is 0 Å². The van der Waals surface area contributed by atoms with Gasteiger partial charge < -0.3 is 20.0 Å². The van der Waals surface area contributed by atoms with Gasteiger partial charge in [0.1, 0.15) is 5.75 Å². The van der Waals surface area contributed by atoms with E-state index in [0.717, 1.165) is 50.2 Å². The number of likely N-dealkylation sites (N-methyl/N-ethyl adjacent to an activating group) is 1. The fourth-order valence-corrected chi connectivity index (χ4v) is 4.49. The van der Waals surface area contributed by atoms with Crippen LogP contribution < -0.4 is 4.90 Å². The number of likely N-dealkylation sites (tertiary alicyclic amines) is 1. The van der Waals surface area contributed by atoms with Crippen molar-refractivity contribution in [1.82, 2.24) is 15.1 Å². The van der Waals surface area contributed by atoms with Crippen LogP contribution in [0.25, 0.3) is 11.3 Å². The fraction of sp³-hybridized carbons (Fsp3) is 0.524. The molecule has 162 valence electrons. The number of phenolic OH excluding ortho intramolecular Hbond substituents is 1. The first kappa shape index (κ1) is 20.9. The summed E-state index contributed by atoms with van der Waals surface area (Å²) in [5, 5.41) is 29.4. The minimum Gasteiger partial charge on any atom is -0.507 e. The quantitative estimate of drug-likeness (QED) is 0.775. The van der Waals surface area contributed by atoms with E-state index in [4.69, 9.17) is 0 Å². The van der Waals surface area contributed by atoms with Crippen molar-refractivity contribution in [3.63, 3.8) is 0 Å². The van der Waals surface area contributed by atoms with Crippen molar-refractivity contribution in [2.45, 2.75) is 44.5 Å². The Morgan fingerprint density at radius 3 is 2.60 bits per heavy atom. The summed E-state index contributed by atoms with van der Waals surface area (Å²) < 4.78 is 39.1. The number of aryl methyl sites for hydroxylation is 2. The van der Waals surface area contributed by atoms with E-state index in [0.29, 0.717) is 17.9 Å². The van der Waals surface area contributed by atoms with Gasteiger partial charge in [0.2, 0.25) is 0 Å². The van der Waals surface area contributed by atoms with E-state index in [-0.39, 0.29) is 17.2 Å². The number of aliphatic hydroxyl groups excluding tert-OH is 1. The highest BCUT2D eigenvalue weighted by Crippen LogP contribution is 2.39. The SMILES string of the molecule is Cc1cc(C(F)(F)F)cc(O)c1-c1cc2c(nn1)N([C@H]1CN(C)CC[C@H]1O)CCC2. The van der Waals surface area contributed by atoms with Gasteiger partial charge in [0, 0.05) is 25.2 Å². The van der Waals surface area contributed by atoms with Gasteiger partial charge >= 0.3 is 6.18 Å². The van der Waals surface area contributed by atoms with Gasteiger partial charge in [-0.25, -0.2) is 0 Å². The number of aromatic hydroxyl groups is 1. The molecule has 2 aliphatic heterocycles. The van der Waals surface area contributed by atoms with Gasteiger partial charge in [-0.1, -0.05) is 0 Å². The molecule has 30 heavy (non-hydrogen) atoms. The Morgan fingerprint density at radius 1 is 1.13 bits per heavy atom. The lowest BCUT2D eigenvalue weighted by atomic mass is 9.95. The number of fused-ring (bicyclic) bond motifs is 1. The number of phenols is 1. The zero-order valence-electron chi connectivity index (χ0n) is 16.9. The number of hydrogen-bond donors (Lipinski definition) is 2. The van der Waals surface area contributed by atoms with E-state index in [1.54, 1.807) is 6.07 Å². The Hall–Kier alpha value is -2.39. The maximum atomic E-state index is 13.0. The molecule has 1 aromatic carbocycles. The van der Waals surface area contributed by atoms with Crippen LogP contribution in [-0.4, -0.2) is 64.1 Å². The maximum Gasteiger partial charge on any atom is 0.416 e. The monoisotopic (exact) mass is 422 g/mol. The maximum absolute atomic E-state index is 13.0. The summed E-state index contributed by atoms with van der Waals surface area (Å²) >= 11 is 0. The van der Waals surface area contributed by atoms with Gasteiger partial charge in [0.25, 0.3) is 0 Å². The molecule has 4 rings (SSSR count). The molecule has 2 N–H and O–H groups in total. The summed E-state index contributed by atoms with van der Waals surface area (Å²) in [7, 11) is 2.02. The van der Waals surface area contributed by atoms with Crippen molar-refractivity contribution >= 4 is 5.82 Å². The number of alkyl halides is 3. The Labute approximate surface area is 173 Å². The third-order valence-corrected chi connectivity index (χ3v) is 6.02. The Bertz CT molecular complexity index is 927. The summed E-state index contributed by atoms with van der Waals surface area (Å²) in [5.74, 6) is 0.238. The van der Waals surface area contributed by atoms with Crippen LogP contribution in [0.5, 0.6) is 5.75 Å². The lowest BCUT2D eigenvalue weighted by Crippen LogP contribution is -2.56. The van der Waals surface area contributed by atoms with E-state index in [2.05, 4.69) is 20.0 Å². The average Bonchev–Trinajstić information content (AvgIpc) is 2.68. The molecular weight excluding hydrogens is 397 g/mol. The number of hydrogen-bond acceptors (Lipinski definition) is 6. The van der Waals surface area contributed by atoms with E-state index < -0.39 is 23.6 Å². The molecule has 2 aliphatic rings. The molecular formula is C21H25F3N4O2. The molecule has 0 saturated carbocycles. The van der Waals surface area contributed by atoms with Crippen molar-refractivity contribution in [2.75, 3.05) is 31.6 Å². The third-order valence-electron chi connectivity index (χ3n) is 6.02. The summed E-state index contributed by atoms with van der Waals surface area (Å²) in [6, 6.07) is 3.45. The topological polar surface area (TPSA) is 72.7 Å². The van der Waals surface area contributed by atoms with Gasteiger partial charge in [0.05, 0.1) is 23.4 Å². The third kappa shape index (κ3) is 3.83. The number of nitrogens with zero attached hydrogens (tertiary/aromatic N) is 4. The zero-order valence-corrected chi connectivity index (χ0v) is 16.9. The van der Waals surface area contributed by atoms with Gasteiger partial charge in [-0.2, -0.15) is 13.2 Å². The number of rotatable bonds is 2. The van der Waals surface area contributed by atoms with Crippen LogP contribution in [0.3, 0.4) is 0 Å². The van der Waals surface area contributed by atoms with Crippen molar-refractivity contribution in [1.29, 1.82) is 0 Å². The standard InChI is InChI=1S/C21H25F3N4O2/c1-12-8-14(21(22,23)24)10-18(30)19(12)15-9-13-4-3-6-28(20(13)26-25-15)16-11-27(2)7-5-17(16)29/h8-10,16-17,29-30H,3-7,11H2,1-2H3/t16-,17+/m0/s1. The first-order valence-electron chi connectivity index (χ1n) is 10.1. The lowest BCUT2D eigenvalue weighted by Gasteiger charge is -2.43. The predicted octanol–water partition coefficient (Wildman–Crippen LogP) is 2.99. The smallest absolute Gasteiger partial charge is 0.416 e. The summed E-state index contributed by atoms with van der Waals surface area (Å²) in [6.45, 7) is 3.85. The van der Waals surface area contributed by atoms with Crippen molar-refractivity contribution in [2.24, 2.45) is 0 Å². The second-order valence-electron chi connectivity index (χ2n) is 8.25. The van der Waals surface area contributed by atoms with E-state index in [9.17, 15) is 23.4 Å². The molecule has 1 fully saturated rings. The molecule has 9 heteroatoms. The van der Waals surface area contributed by atoms with Gasteiger partial charge in [-0.3, -0.25) is 0 Å². The number of aromatic nitrogens is 2. The van der Waals surface area contributed by atoms with Crippen LogP contribution in [-0.2, 0) is 12.6 Å². The molecule has 3 heterocycles. The average molecular weight is 422 g/mol. The Kier molecular flexibility index (Phi) is 5.36. The van der Waals surface area contributed by atoms with Crippen molar-refractivity contribution < 1.29 is 23.4 Å². The summed E-state index contributed by atoms with van der Waals surface area (Å²) in [4.78, 5) is 4.27. The second kappa shape index (κ2) is 7.70. The molecule has 6 nitrogen and oxygen atoms in total. The highest BCUT2D eigenvalue weighted by atomic mass is 19.4. The van der Waals surface area contributed by atoms with Gasteiger partial charge in [0.15, 0.2) is 5.82 Å². The fourth-order valence-electron chi connectivity index (χ4n) is 4.49. The van der Waals surface area contributed by atoms with Crippen LogP contribution in [0.15, 0.2) is 18.2 Å². The lowest BCUT2D eigenvalue weighted by molar-refractivity contribution is -0.137. The minimum atomic E-state index is -4.53. The zero-order chi connectivity index (χ0) is 21.6. The predicted molar refractivity (Wildman–Crippen MR) is 106 cm³/mol. The minimum absolute atomic E-state index is 0.0795. The number of benzene rings is 1. The largest absolute Gasteiger partial charge is 0.507 e. The number of anilines is 1. The molecule has 2 aromatic rings. The molecule has 0 bridgehead atoms. The number of piperidine rings is 1. The first-order chi connectivity index (χ1) is 14.1. The highest BCUT2D eigenvalue weighted by molar-refractivity contribution is 5.72. The molecule has 2 atom stereocenters. The van der Waals surface area contributed by atoms with Gasteiger partial charge in [-0.05, 0) is 62.6 Å². The van der Waals surface area contributed by atoms with Crippen LogP contribution in [0.4, 0.5) is 19.0 Å². The Balaban J connectivity index is 1.70. The van der Waals surface area contributed by atoms with E-state index in [1.807, 2.05) is 7.05 Å². The molecule has 0 radical (unpaired) electrons. The molecule has 0 aliphatic carbocycles. The van der Waals surface area contributed by atoms with E-state index in [1.165, 1.54) is 6.92 Å². The number of aliphatic hydroxyl groups is 1. The second-order valence-corrected chi connectivity index (χ2v) is 8.25. The Morgan fingerprint density at radius 2 is 1.90 bits per heavy atom. The normalized spacial score (nSPS) is 22.8. The van der Waals surface area contributed by atoms with Crippen LogP contribution in [0.1, 0.15) is 29.5 Å². The molecule has 0 unspecified atom stereocenters. The summed E-state index contributed by atoms with van der Waals surface area (Å²) in [5.41, 5.74) is 0.918. The van der Waals surface area contributed by atoms with Gasteiger partial charge in [-0.15, -0.1) is 10.2 Å². The van der Waals surface area contributed by atoms with Crippen LogP contribution in [0.2, 0.25) is 0 Å². The molecule has 1 aromatic heterocycles. The molecule has 0 amide bonds. The summed E-state index contributed by atoms with van der Waals surface area (Å²) in [6.07, 6.45) is -2.65. The van der Waals surface area contributed by atoms with Crippen molar-refractivity contribution in [3.05, 3.63) is 34.9 Å². The number of halogens is 3. The van der Waals surface area contributed by atoms with Crippen LogP contribution >= 0.6 is 0 Å².